The van der Waals surface area contributed by atoms with Crippen molar-refractivity contribution in [2.45, 2.75) is 298 Å². The zero-order valence-corrected chi connectivity index (χ0v) is 87.2. The maximum Gasteiger partial charge on any atom is 0.509 e. The molecule has 20 atom stereocenters. The van der Waals surface area contributed by atoms with Crippen molar-refractivity contribution in [1.29, 1.82) is 0 Å². The summed E-state index contributed by atoms with van der Waals surface area (Å²) in [7, 11) is 7.23. The van der Waals surface area contributed by atoms with Crippen LogP contribution in [-0.2, 0) is 131 Å². The molecular weight excluding hydrogens is 1950 g/mol. The number of aliphatic hydroxyl groups excluding tert-OH is 1. The molecule has 7 rings (SSSR count). The number of cyclic esters (lactones) is 1. The Bertz CT molecular complexity index is 5090. The molecule has 4 amide bonds. The van der Waals surface area contributed by atoms with E-state index in [4.69, 9.17) is 88.1 Å². The number of H-pyrrole nitrogens is 1. The van der Waals surface area contributed by atoms with E-state index in [0.717, 1.165) is 16.2 Å². The van der Waals surface area contributed by atoms with Gasteiger partial charge in [0.15, 0.2) is 46.7 Å². The Kier molecular flexibility index (Phi) is 61.8. The van der Waals surface area contributed by atoms with Gasteiger partial charge in [0, 0.05) is 119 Å². The topological polar surface area (TPSA) is 671 Å². The van der Waals surface area contributed by atoms with Gasteiger partial charge in [0.25, 0.3) is 23.2 Å². The predicted octanol–water partition coefficient (Wildman–Crippen LogP) is 7.61. The van der Waals surface area contributed by atoms with E-state index in [-0.39, 0.29) is 147 Å². The molecule has 1 aliphatic carbocycles. The number of ether oxygens (including phenoxy) is 7. The maximum absolute atomic E-state index is 14.8. The summed E-state index contributed by atoms with van der Waals surface area (Å²) in [6, 6.07) is 2.66. The van der Waals surface area contributed by atoms with Crippen LogP contribution in [0.5, 0.6) is 0 Å². The number of guanidine groups is 1. The lowest BCUT2D eigenvalue weighted by atomic mass is 9.78. The van der Waals surface area contributed by atoms with Gasteiger partial charge in [-0.15, -0.1) is 0 Å². The first kappa shape index (κ1) is 130. The molecular formula is C100H142N12O32S2. The molecule has 3 aromatic rings. The maximum atomic E-state index is 14.8. The number of benzene rings is 1. The SMILES string of the molecule is CCCC(NC(=O)c1ccc(NCc2cnc3nc(C)[nH]c(=O)c3n2)cc1)C(=O)O.CO[C@H]1C[C@@H]2CC[C@@H](C)[C@@](O)(O2)C(=O)C(=O)N2CCCC[C@H]2C(=O)O[C@H]([C@H](C)C[C@@H]2CC[C@@H](O)[C@H](OC)C2)CC(=O)[C@H](C)/C=C(\C)[C@@H](OC(=O)OCCSSCCCC(=O)C(C)NC(=O)C(C)CC(=O)C(CCCN=C(N)N)NC(=O)C(C)CC(C)=O)[C@@H](OC)C(=O)[C@H](C)C[C@H](C)/C=C/C=C/C=C/1C.O=C=O.O=C=O.O=C=O.O=C=O. The van der Waals surface area contributed by atoms with Crippen molar-refractivity contribution in [1.82, 2.24) is 40.8 Å². The van der Waals surface area contributed by atoms with E-state index in [0.29, 0.717) is 124 Å². The molecule has 12 N–H and O–H groups in total. The largest absolute Gasteiger partial charge is 0.509 e. The average Bonchev–Trinajstić information content (AvgIpc) is 0.767. The van der Waals surface area contributed by atoms with Crippen LogP contribution in [0.2, 0.25) is 0 Å². The molecule has 1 aromatic carbocycles. The fourth-order valence-electron chi connectivity index (χ4n) is 16.7. The van der Waals surface area contributed by atoms with E-state index < -0.39 is 161 Å². The summed E-state index contributed by atoms with van der Waals surface area (Å²) in [5.74, 6) is -12.8. The molecule has 5 unspecified atom stereocenters. The number of nitrogens with one attached hydrogen (secondary N) is 5. The number of ketones is 6. The predicted molar refractivity (Wildman–Crippen MR) is 527 cm³/mol. The van der Waals surface area contributed by atoms with Crippen molar-refractivity contribution in [2.75, 3.05) is 57.8 Å². The number of hydrogen-bond donors (Lipinski definition) is 10. The Balaban J connectivity index is 0.00000141. The van der Waals surface area contributed by atoms with Crippen molar-refractivity contribution in [3.63, 3.8) is 0 Å². The first-order chi connectivity index (χ1) is 69.2. The van der Waals surface area contributed by atoms with Crippen LogP contribution in [-0.4, -0.2) is 272 Å². The van der Waals surface area contributed by atoms with E-state index in [2.05, 4.69) is 46.2 Å². The summed E-state index contributed by atoms with van der Waals surface area (Å²) in [6.07, 6.45) is 12.8. The summed E-state index contributed by atoms with van der Waals surface area (Å²) < 4.78 is 41.5. The third-order valence-corrected chi connectivity index (χ3v) is 27.1. The van der Waals surface area contributed by atoms with Gasteiger partial charge < -0.3 is 95.9 Å². The first-order valence-corrected chi connectivity index (χ1v) is 50.5. The number of hydrogen-bond acceptors (Lipinski definition) is 38. The van der Waals surface area contributed by atoms with Gasteiger partial charge in [0.05, 0.1) is 54.9 Å². The number of aryl methyl sites for hydroxylation is 1. The minimum absolute atomic E-state index is 0.00245. The lowest BCUT2D eigenvalue weighted by Gasteiger charge is -2.42. The molecule has 2 aromatic heterocycles. The first-order valence-electron chi connectivity index (χ1n) is 48.0. The van der Waals surface area contributed by atoms with Crippen molar-refractivity contribution in [3.05, 3.63) is 106 Å². The normalized spacial score (nSPS) is 24.4. The smallest absolute Gasteiger partial charge is 0.480 e. The average molecular weight is 2090 g/mol. The molecule has 46 heteroatoms. The van der Waals surface area contributed by atoms with Gasteiger partial charge in [-0.25, -0.2) is 29.3 Å². The molecule has 3 fully saturated rings. The Morgan fingerprint density at radius 2 is 1.37 bits per heavy atom. The fraction of sp³-hybridized carbons (Fsp3) is 0.620. The van der Waals surface area contributed by atoms with Crippen molar-refractivity contribution < 1.29 is 149 Å². The van der Waals surface area contributed by atoms with Crippen molar-refractivity contribution in [2.24, 2.45) is 63.8 Å². The summed E-state index contributed by atoms with van der Waals surface area (Å²) >= 11 is 0. The molecule has 2 bridgehead atoms. The Labute approximate surface area is 855 Å². The second-order valence-electron chi connectivity index (χ2n) is 36.2. The highest BCUT2D eigenvalue weighted by Crippen LogP contribution is 2.39. The monoisotopic (exact) mass is 2090 g/mol. The minimum atomic E-state index is -2.50. The highest BCUT2D eigenvalue weighted by molar-refractivity contribution is 8.76. The van der Waals surface area contributed by atoms with Crippen LogP contribution in [0, 0.1) is 54.3 Å². The Hall–Kier alpha value is -12.4. The lowest BCUT2D eigenvalue weighted by Crippen LogP contribution is -2.61. The van der Waals surface area contributed by atoms with Crippen LogP contribution in [0.4, 0.5) is 10.5 Å². The zero-order chi connectivity index (χ0) is 110. The number of nitrogens with two attached hydrogens (primary N) is 2. The summed E-state index contributed by atoms with van der Waals surface area (Å²) in [4.78, 5) is 272. The molecule has 146 heavy (non-hydrogen) atoms. The van der Waals surface area contributed by atoms with E-state index in [1.54, 1.807) is 99.0 Å². The molecule has 0 spiro atoms. The van der Waals surface area contributed by atoms with Crippen LogP contribution in [0.25, 0.3) is 11.2 Å². The number of fused-ring (bicyclic) bond motifs is 4. The molecule has 44 nitrogen and oxygen atoms in total. The Morgan fingerprint density at radius 1 is 0.726 bits per heavy atom. The highest BCUT2D eigenvalue weighted by atomic mass is 33.1. The van der Waals surface area contributed by atoms with Gasteiger partial charge in [0.2, 0.25) is 17.6 Å². The summed E-state index contributed by atoms with van der Waals surface area (Å²) in [5.41, 5.74) is 13.8. The number of Topliss-reactive ketones (excluding diaryl/α,β-unsaturated/α-hetero) is 6. The van der Waals surface area contributed by atoms with Crippen LogP contribution >= 0.6 is 21.6 Å². The van der Waals surface area contributed by atoms with Crippen LogP contribution in [0.3, 0.4) is 0 Å². The number of esters is 1. The number of aromatic nitrogens is 4. The number of amides is 4. The van der Waals surface area contributed by atoms with Crippen LogP contribution in [0.15, 0.2) is 87.9 Å². The van der Waals surface area contributed by atoms with Crippen molar-refractivity contribution in [3.8, 4) is 0 Å². The van der Waals surface area contributed by atoms with E-state index in [9.17, 15) is 77.3 Å². The van der Waals surface area contributed by atoms with E-state index in [1.165, 1.54) is 42.7 Å². The number of aromatic amines is 1. The summed E-state index contributed by atoms with van der Waals surface area (Å²) in [5, 5.41) is 43.0. The second-order valence-corrected chi connectivity index (χ2v) is 38.9. The number of carboxylic acid groups (broad SMARTS) is 1. The van der Waals surface area contributed by atoms with Gasteiger partial charge >= 0.3 is 42.7 Å². The van der Waals surface area contributed by atoms with Gasteiger partial charge in [0.1, 0.15) is 42.2 Å². The summed E-state index contributed by atoms with van der Waals surface area (Å²) in [6.45, 7) is 22.4. The zero-order valence-electron chi connectivity index (χ0n) is 85.6. The van der Waals surface area contributed by atoms with Crippen molar-refractivity contribution >= 4 is 145 Å². The number of anilines is 1. The number of aliphatic imine (C=N–C) groups is 1. The third kappa shape index (κ3) is 46.1. The standard InChI is InChI=1S/C76H120N6O20S2.C20H22N6O4.4CO2/c1-44-22-16-15-17-23-45(2)63(96-12)42-56-29-27-52(9)76(95,102-56)69(89)72(92)82-32-19-18-25-58(82)73(93)100-64(47(4)39-55-28-30-60(85)65(41-55)97-13)43-61(86)46(3)37-49(6)67(68(98-14)66(88)48(5)36-44)101-75(94)99-33-35-104-103-34-21-26-59(84)54(11)80-70(90)51(8)40-62(87)57(24-20-31-79-74(77)78)81-71(91)50(7)38-53(10)83;1-3-4-15(20(29)30)26-18(27)12-5-7-13(8-6-12)21-9-14-10-22-17-16(25-14)19(28)24-11(2)23-17;4*2-1-3/h15-17,22-23,37,44,46-48,50-52,54-58,60,63-65,67-68,85,95H,18-21,24-36,38-43H2,1-14H3,(H,80,90)(H,81,91)(H4,77,78,79);5-8,10,15,21H,3-4,9H2,1-2H3,(H,26,27)(H,29,30)(H,22,23,24,28);;;;/b17-15+,22-16+,45-23+,49-37+;;;;;/t44-,46-,47-,48-,50?,51?,52-,54?,55+,56+,57?,58+,60-,63+,64+,65-,67-,68+,76-;;;;;/m1...../s1. The van der Waals surface area contributed by atoms with Gasteiger partial charge in [-0.05, 0) is 178 Å². The number of carbonyl (C=O) groups is 13. The number of carboxylic acids is 1. The quantitative estimate of drug-likeness (QED) is 0.00505. The van der Waals surface area contributed by atoms with Gasteiger partial charge in [-0.2, -0.15) is 38.4 Å². The third-order valence-electron chi connectivity index (χ3n) is 24.7. The highest BCUT2D eigenvalue weighted by Gasteiger charge is 2.53. The Morgan fingerprint density at radius 3 is 1.99 bits per heavy atom. The van der Waals surface area contributed by atoms with E-state index >= 15 is 0 Å². The number of methoxy groups -OCH3 is 3. The fourth-order valence-corrected chi connectivity index (χ4v) is 18.6. The molecule has 3 aliphatic heterocycles. The second kappa shape index (κ2) is 69.6. The molecule has 2 saturated heterocycles. The van der Waals surface area contributed by atoms with E-state index in [1.807, 2.05) is 58.1 Å². The molecule has 0 radical (unpaired) electrons. The molecule has 1 saturated carbocycles. The van der Waals surface area contributed by atoms with Gasteiger partial charge in [-0.3, -0.25) is 52.9 Å². The van der Waals surface area contributed by atoms with Crippen LogP contribution < -0.4 is 38.3 Å². The number of aliphatic hydroxyl groups is 2. The number of allylic oxidation sites excluding steroid dienone is 6. The molecule has 5 heterocycles. The number of nitrogens with zero attached hydrogens (tertiary/aromatic N) is 5. The van der Waals surface area contributed by atoms with Crippen LogP contribution in [0.1, 0.15) is 233 Å². The minimum Gasteiger partial charge on any atom is -0.480 e. The molecule has 806 valence electrons. The van der Waals surface area contributed by atoms with Gasteiger partial charge in [-0.1, -0.05) is 120 Å². The molecule has 4 aliphatic rings. The number of carbonyl (C=O) groups excluding carboxylic acids is 20. The number of piperidine rings is 1. The number of aliphatic carboxylic acids is 1. The number of rotatable bonds is 37. The lowest BCUT2D eigenvalue weighted by molar-refractivity contribution is -0.265.